The van der Waals surface area contributed by atoms with E-state index in [2.05, 4.69) is 40.7 Å². The van der Waals surface area contributed by atoms with Crippen LogP contribution in [0, 0.1) is 5.92 Å². The van der Waals surface area contributed by atoms with Crippen molar-refractivity contribution in [3.05, 3.63) is 0 Å². The number of nitrogens with zero attached hydrogens (tertiary/aromatic N) is 4. The van der Waals surface area contributed by atoms with Gasteiger partial charge in [-0.2, -0.15) is 0 Å². The van der Waals surface area contributed by atoms with Crippen LogP contribution >= 0.6 is 0 Å². The van der Waals surface area contributed by atoms with Crippen LogP contribution in [0.3, 0.4) is 0 Å². The summed E-state index contributed by atoms with van der Waals surface area (Å²) >= 11 is 0. The molecular formula is C18H35N5O. The monoisotopic (exact) mass is 337 g/mol. The average Bonchev–Trinajstić information content (AvgIpc) is 3.09. The molecular weight excluding hydrogens is 302 g/mol. The number of ether oxygens (including phenoxy) is 1. The number of likely N-dealkylation sites (N-methyl/N-ethyl adjacent to an activating group) is 1. The van der Waals surface area contributed by atoms with Crippen LogP contribution in [0.15, 0.2) is 0 Å². The lowest BCUT2D eigenvalue weighted by atomic mass is 9.91. The van der Waals surface area contributed by atoms with Crippen molar-refractivity contribution in [3.63, 3.8) is 0 Å². The Morgan fingerprint density at radius 1 is 1.08 bits per heavy atom. The highest BCUT2D eigenvalue weighted by Gasteiger charge is 2.48. The molecule has 24 heavy (non-hydrogen) atoms. The van der Waals surface area contributed by atoms with Gasteiger partial charge in [-0.3, -0.25) is 14.7 Å². The van der Waals surface area contributed by atoms with Gasteiger partial charge in [0.1, 0.15) is 6.23 Å². The molecule has 4 fully saturated rings. The van der Waals surface area contributed by atoms with Gasteiger partial charge in [0.05, 0.1) is 25.1 Å². The highest BCUT2D eigenvalue weighted by molar-refractivity contribution is 4.96. The fourth-order valence-corrected chi connectivity index (χ4v) is 5.29. The molecule has 2 N–H and O–H groups in total. The first kappa shape index (κ1) is 17.2. The highest BCUT2D eigenvalue weighted by Crippen LogP contribution is 2.37. The minimum Gasteiger partial charge on any atom is -0.359 e. The van der Waals surface area contributed by atoms with E-state index in [-0.39, 0.29) is 12.4 Å². The van der Waals surface area contributed by atoms with Crippen molar-refractivity contribution in [1.82, 2.24) is 19.6 Å². The van der Waals surface area contributed by atoms with E-state index in [9.17, 15) is 0 Å². The fourth-order valence-electron chi connectivity index (χ4n) is 5.29. The van der Waals surface area contributed by atoms with Crippen molar-refractivity contribution in [3.8, 4) is 0 Å². The summed E-state index contributed by atoms with van der Waals surface area (Å²) in [6.45, 7) is 3.16. The first-order chi connectivity index (χ1) is 11.5. The fraction of sp³-hybridized carbons (Fsp3) is 1.00. The van der Waals surface area contributed by atoms with Crippen LogP contribution in [-0.4, -0.2) is 91.2 Å². The molecule has 6 nitrogen and oxygen atoms in total. The third-order valence-electron chi connectivity index (χ3n) is 6.93. The first-order valence-corrected chi connectivity index (χ1v) is 9.82. The summed E-state index contributed by atoms with van der Waals surface area (Å²) in [4.78, 5) is 9.86. The van der Waals surface area contributed by atoms with Crippen molar-refractivity contribution in [2.45, 2.75) is 69.2 Å². The summed E-state index contributed by atoms with van der Waals surface area (Å²) < 4.78 is 6.50. The van der Waals surface area contributed by atoms with Crippen LogP contribution in [-0.2, 0) is 4.74 Å². The van der Waals surface area contributed by atoms with Crippen LogP contribution in [0.2, 0.25) is 0 Å². The van der Waals surface area contributed by atoms with Crippen molar-refractivity contribution in [2.24, 2.45) is 11.7 Å². The molecule has 1 aliphatic carbocycles. The minimum atomic E-state index is 0.179. The van der Waals surface area contributed by atoms with E-state index in [4.69, 9.17) is 10.5 Å². The summed E-state index contributed by atoms with van der Waals surface area (Å²) in [5, 5.41) is 0. The lowest BCUT2D eigenvalue weighted by Gasteiger charge is -2.48. The topological polar surface area (TPSA) is 48.2 Å². The number of likely N-dealkylation sites (tertiary alicyclic amines) is 1. The molecule has 0 amide bonds. The van der Waals surface area contributed by atoms with Gasteiger partial charge in [0, 0.05) is 25.0 Å². The molecule has 0 bridgehead atoms. The molecule has 5 unspecified atom stereocenters. The van der Waals surface area contributed by atoms with Gasteiger partial charge in [0.15, 0.2) is 0 Å². The first-order valence-electron chi connectivity index (χ1n) is 9.82. The molecule has 0 spiro atoms. The van der Waals surface area contributed by atoms with E-state index >= 15 is 0 Å². The number of rotatable bonds is 4. The summed E-state index contributed by atoms with van der Waals surface area (Å²) in [6.07, 6.45) is 9.03. The maximum absolute atomic E-state index is 6.50. The predicted octanol–water partition coefficient (Wildman–Crippen LogP) is 0.743. The van der Waals surface area contributed by atoms with Gasteiger partial charge < -0.3 is 15.4 Å². The van der Waals surface area contributed by atoms with E-state index in [0.29, 0.717) is 18.2 Å². The number of hydrogen-bond donors (Lipinski definition) is 1. The van der Waals surface area contributed by atoms with Crippen molar-refractivity contribution in [2.75, 3.05) is 40.9 Å². The molecule has 138 valence electrons. The van der Waals surface area contributed by atoms with Gasteiger partial charge in [-0.25, -0.2) is 0 Å². The second-order valence-electron chi connectivity index (χ2n) is 8.56. The average molecular weight is 338 g/mol. The maximum Gasteiger partial charge on any atom is 0.112 e. The zero-order valence-corrected chi connectivity index (χ0v) is 15.6. The zero-order valence-electron chi connectivity index (χ0n) is 15.6. The molecule has 6 heteroatoms. The summed E-state index contributed by atoms with van der Waals surface area (Å²) in [5.41, 5.74) is 6.46. The molecule has 1 saturated carbocycles. The van der Waals surface area contributed by atoms with Crippen molar-refractivity contribution < 1.29 is 4.74 Å². The number of nitrogens with two attached hydrogens (primary N) is 1. The van der Waals surface area contributed by atoms with Crippen LogP contribution in [0.5, 0.6) is 0 Å². The Morgan fingerprint density at radius 2 is 1.88 bits per heavy atom. The van der Waals surface area contributed by atoms with Crippen LogP contribution in [0.1, 0.15) is 38.5 Å². The number of hydrogen-bond acceptors (Lipinski definition) is 6. The van der Waals surface area contributed by atoms with E-state index in [1.54, 1.807) is 0 Å². The Bertz CT molecular complexity index is 445. The lowest BCUT2D eigenvalue weighted by Crippen LogP contribution is -2.64. The highest BCUT2D eigenvalue weighted by atomic mass is 16.5. The third-order valence-corrected chi connectivity index (χ3v) is 6.93. The summed E-state index contributed by atoms with van der Waals surface area (Å²) in [6, 6.07) is 0.807. The van der Waals surface area contributed by atoms with Gasteiger partial charge in [-0.1, -0.05) is 6.42 Å². The molecule has 0 radical (unpaired) electrons. The molecule has 3 saturated heterocycles. The van der Waals surface area contributed by atoms with Crippen LogP contribution in [0.4, 0.5) is 0 Å². The molecule has 0 aromatic carbocycles. The predicted molar refractivity (Wildman–Crippen MR) is 95.1 cm³/mol. The summed E-state index contributed by atoms with van der Waals surface area (Å²) in [5.74, 6) is 0.536. The molecule has 5 atom stereocenters. The van der Waals surface area contributed by atoms with Gasteiger partial charge in [-0.15, -0.1) is 0 Å². The van der Waals surface area contributed by atoms with Crippen LogP contribution in [0.25, 0.3) is 0 Å². The Labute approximate surface area is 146 Å². The molecule has 4 rings (SSSR count). The minimum absolute atomic E-state index is 0.179. The van der Waals surface area contributed by atoms with Gasteiger partial charge >= 0.3 is 0 Å². The number of fused-ring (bicyclic) bond motifs is 1. The van der Waals surface area contributed by atoms with Gasteiger partial charge in [-0.05, 0) is 53.2 Å². The molecule has 4 aliphatic rings. The second-order valence-corrected chi connectivity index (χ2v) is 8.56. The summed E-state index contributed by atoms with van der Waals surface area (Å²) in [7, 11) is 6.64. The Balaban J connectivity index is 1.35. The standard InChI is InChI=1S/C18H35N5O/c1-20(13-5-4-6-13)11-14-7-8-16(24-14)23-10-9-15-17(19)21(2)12-22(3)18(15)23/h13-18H,4-12,19H2,1-3H3. The smallest absolute Gasteiger partial charge is 0.112 e. The Morgan fingerprint density at radius 3 is 2.58 bits per heavy atom. The van der Waals surface area contributed by atoms with Crippen molar-refractivity contribution >= 4 is 0 Å². The SMILES string of the molecule is CN(CC1CCC(N2CCC3C(N)N(C)CN(C)C32)O1)C1CCC1. The van der Waals surface area contributed by atoms with Gasteiger partial charge in [0.2, 0.25) is 0 Å². The van der Waals surface area contributed by atoms with E-state index in [1.807, 2.05) is 0 Å². The normalized spacial score (nSPS) is 42.6. The van der Waals surface area contributed by atoms with E-state index in [1.165, 1.54) is 38.5 Å². The maximum atomic E-state index is 6.50. The third kappa shape index (κ3) is 3.02. The molecule has 0 aromatic rings. The second kappa shape index (κ2) is 6.82. The van der Waals surface area contributed by atoms with E-state index < -0.39 is 0 Å². The lowest BCUT2D eigenvalue weighted by molar-refractivity contribution is -0.126. The molecule has 3 heterocycles. The molecule has 0 aromatic heterocycles. The molecule has 3 aliphatic heterocycles. The largest absolute Gasteiger partial charge is 0.359 e. The quantitative estimate of drug-likeness (QED) is 0.817. The zero-order chi connectivity index (χ0) is 16.8. The van der Waals surface area contributed by atoms with E-state index in [0.717, 1.165) is 25.8 Å². The van der Waals surface area contributed by atoms with Crippen molar-refractivity contribution in [1.29, 1.82) is 0 Å². The van der Waals surface area contributed by atoms with Gasteiger partial charge in [0.25, 0.3) is 0 Å². The Hall–Kier alpha value is -0.240. The van der Waals surface area contributed by atoms with Crippen LogP contribution < -0.4 is 5.73 Å². The Kier molecular flexibility index (Phi) is 4.88.